The maximum absolute atomic E-state index is 12.1. The minimum Gasteiger partial charge on any atom is -1.00 e. The van der Waals surface area contributed by atoms with E-state index < -0.39 is 0 Å². The molecule has 1 aliphatic heterocycles. The Labute approximate surface area is 108 Å². The molecule has 1 aromatic carbocycles. The Hall–Kier alpha value is -1.06. The van der Waals surface area contributed by atoms with Crippen molar-refractivity contribution in [1.82, 2.24) is 5.32 Å². The van der Waals surface area contributed by atoms with Gasteiger partial charge in [-0.15, -0.1) is 0 Å². The average molecular weight is 255 g/mol. The number of nitrogens with one attached hydrogen (secondary N) is 1. The highest BCUT2D eigenvalue weighted by Crippen LogP contribution is 2.20. The van der Waals surface area contributed by atoms with Crippen molar-refractivity contribution >= 4 is 5.78 Å². The number of ether oxygens (including phenoxy) is 1. The maximum atomic E-state index is 12.1. The minimum atomic E-state index is 0. The van der Waals surface area contributed by atoms with E-state index in [-0.39, 0.29) is 24.1 Å². The molecule has 94 valence electrons. The molecule has 1 aromatic rings. The monoisotopic (exact) mass is 254 g/mol. The molecule has 1 N–H and O–H groups in total. The molecule has 0 atom stereocenters. The van der Waals surface area contributed by atoms with E-state index in [9.17, 15) is 4.79 Å². The molecule has 0 saturated carbocycles. The third kappa shape index (κ3) is 3.45. The first-order valence-electron chi connectivity index (χ1n) is 5.70. The number of ketones is 1. The van der Waals surface area contributed by atoms with Gasteiger partial charge in [0.15, 0.2) is 5.78 Å². The molecule has 0 unspecified atom stereocenters. The van der Waals surface area contributed by atoms with Gasteiger partial charge >= 0.3 is 0 Å². The molecule has 0 bridgehead atoms. The van der Waals surface area contributed by atoms with Gasteiger partial charge in [0, 0.05) is 11.5 Å². The Morgan fingerprint density at radius 1 is 1.24 bits per heavy atom. The lowest BCUT2D eigenvalue weighted by Crippen LogP contribution is -3.00. The number of Topliss-reactive ketones (excluding diaryl/α,β-unsaturated/α-hetero) is 1. The van der Waals surface area contributed by atoms with Gasteiger partial charge in [0.25, 0.3) is 0 Å². The highest BCUT2D eigenvalue weighted by atomic mass is 35.5. The van der Waals surface area contributed by atoms with Crippen LogP contribution in [0.5, 0.6) is 5.75 Å². The Balaban J connectivity index is 0.00000144. The molecule has 1 heterocycles. The zero-order valence-electron chi connectivity index (χ0n) is 9.91. The van der Waals surface area contributed by atoms with Gasteiger partial charge in [0.2, 0.25) is 0 Å². The molecule has 4 heteroatoms. The van der Waals surface area contributed by atoms with Crippen LogP contribution >= 0.6 is 0 Å². The summed E-state index contributed by atoms with van der Waals surface area (Å²) in [4.78, 5) is 12.1. The van der Waals surface area contributed by atoms with Crippen molar-refractivity contribution in [2.45, 2.75) is 12.8 Å². The highest BCUT2D eigenvalue weighted by molar-refractivity contribution is 5.98. The molecule has 2 rings (SSSR count). The zero-order chi connectivity index (χ0) is 11.4. The number of benzene rings is 1. The van der Waals surface area contributed by atoms with Crippen LogP contribution in [0.15, 0.2) is 24.3 Å². The maximum Gasteiger partial charge on any atom is 0.166 e. The summed E-state index contributed by atoms with van der Waals surface area (Å²) in [6, 6.07) is 7.38. The van der Waals surface area contributed by atoms with Gasteiger partial charge < -0.3 is 22.5 Å². The number of halogens is 1. The molecule has 1 aliphatic rings. The van der Waals surface area contributed by atoms with Crippen molar-refractivity contribution in [2.24, 2.45) is 5.92 Å². The summed E-state index contributed by atoms with van der Waals surface area (Å²) in [5.41, 5.74) is 0.799. The van der Waals surface area contributed by atoms with Gasteiger partial charge in [0.1, 0.15) is 5.75 Å². The van der Waals surface area contributed by atoms with Crippen molar-refractivity contribution in [3.05, 3.63) is 29.8 Å². The number of hydrogen-bond donors (Lipinski definition) is 1. The van der Waals surface area contributed by atoms with E-state index >= 15 is 0 Å². The van der Waals surface area contributed by atoms with Crippen molar-refractivity contribution < 1.29 is 21.9 Å². The molecule has 3 nitrogen and oxygen atoms in total. The van der Waals surface area contributed by atoms with Gasteiger partial charge in [0.05, 0.1) is 7.11 Å². The second-order valence-electron chi connectivity index (χ2n) is 4.12. The highest BCUT2D eigenvalue weighted by Gasteiger charge is 2.21. The number of piperidine rings is 1. The Kier molecular flexibility index (Phi) is 5.45. The standard InChI is InChI=1S/C13H17NO2.ClH/c1-16-12-4-2-10(3-5-12)13(15)11-6-8-14-9-7-11;/h2-5,11,14H,6-9H2,1H3;1H/p-1. The summed E-state index contributed by atoms with van der Waals surface area (Å²) in [5, 5.41) is 3.27. The summed E-state index contributed by atoms with van der Waals surface area (Å²) in [7, 11) is 1.63. The van der Waals surface area contributed by atoms with E-state index in [2.05, 4.69) is 5.32 Å². The van der Waals surface area contributed by atoms with Crippen molar-refractivity contribution in [1.29, 1.82) is 0 Å². The molecular weight excluding hydrogens is 238 g/mol. The molecule has 0 aliphatic carbocycles. The number of carbonyl (C=O) groups is 1. The fourth-order valence-electron chi connectivity index (χ4n) is 2.08. The lowest BCUT2D eigenvalue weighted by molar-refractivity contribution is -0.0000116. The minimum absolute atomic E-state index is 0. The van der Waals surface area contributed by atoms with Gasteiger partial charge in [-0.1, -0.05) is 0 Å². The SMILES string of the molecule is COc1ccc(C(=O)C2CCNCC2)cc1.[Cl-]. The van der Waals surface area contributed by atoms with Crippen molar-refractivity contribution in [3.63, 3.8) is 0 Å². The second kappa shape index (κ2) is 6.62. The van der Waals surface area contributed by atoms with Gasteiger partial charge in [-0.05, 0) is 50.2 Å². The summed E-state index contributed by atoms with van der Waals surface area (Å²) < 4.78 is 5.07. The summed E-state index contributed by atoms with van der Waals surface area (Å²) in [6.45, 7) is 1.90. The molecule has 0 spiro atoms. The Morgan fingerprint density at radius 3 is 2.35 bits per heavy atom. The number of rotatable bonds is 3. The van der Waals surface area contributed by atoms with E-state index in [1.54, 1.807) is 7.11 Å². The van der Waals surface area contributed by atoms with E-state index in [1.807, 2.05) is 24.3 Å². The second-order valence-corrected chi connectivity index (χ2v) is 4.12. The van der Waals surface area contributed by atoms with Crippen LogP contribution in [0.3, 0.4) is 0 Å². The van der Waals surface area contributed by atoms with Crippen molar-refractivity contribution in [3.8, 4) is 5.75 Å². The normalized spacial score (nSPS) is 16.1. The van der Waals surface area contributed by atoms with E-state index in [4.69, 9.17) is 4.74 Å². The molecule has 0 radical (unpaired) electrons. The summed E-state index contributed by atoms with van der Waals surface area (Å²) in [6.07, 6.45) is 1.90. The van der Waals surface area contributed by atoms with Crippen LogP contribution in [0.25, 0.3) is 0 Å². The fourth-order valence-corrected chi connectivity index (χ4v) is 2.08. The van der Waals surface area contributed by atoms with Crippen LogP contribution in [0, 0.1) is 5.92 Å². The first-order valence-corrected chi connectivity index (χ1v) is 5.70. The van der Waals surface area contributed by atoms with Crippen LogP contribution in [0.1, 0.15) is 23.2 Å². The molecule has 17 heavy (non-hydrogen) atoms. The van der Waals surface area contributed by atoms with Crippen LogP contribution < -0.4 is 22.5 Å². The first kappa shape index (κ1) is 14.0. The lowest BCUT2D eigenvalue weighted by Gasteiger charge is -2.21. The quantitative estimate of drug-likeness (QED) is 0.695. The molecule has 0 aromatic heterocycles. The van der Waals surface area contributed by atoms with Crippen LogP contribution in [-0.2, 0) is 0 Å². The van der Waals surface area contributed by atoms with Gasteiger partial charge in [-0.25, -0.2) is 0 Å². The third-order valence-electron chi connectivity index (χ3n) is 3.08. The molecule has 1 saturated heterocycles. The molecule has 1 fully saturated rings. The summed E-state index contributed by atoms with van der Waals surface area (Å²) in [5.74, 6) is 1.25. The predicted molar refractivity (Wildman–Crippen MR) is 62.9 cm³/mol. The third-order valence-corrected chi connectivity index (χ3v) is 3.08. The largest absolute Gasteiger partial charge is 1.00 e. The number of carbonyl (C=O) groups excluding carboxylic acids is 1. The number of methoxy groups -OCH3 is 1. The van der Waals surface area contributed by atoms with E-state index in [0.717, 1.165) is 37.2 Å². The van der Waals surface area contributed by atoms with E-state index in [0.29, 0.717) is 0 Å². The van der Waals surface area contributed by atoms with Crippen LogP contribution in [0.2, 0.25) is 0 Å². The van der Waals surface area contributed by atoms with Crippen LogP contribution in [0.4, 0.5) is 0 Å². The van der Waals surface area contributed by atoms with Gasteiger partial charge in [-0.2, -0.15) is 0 Å². The van der Waals surface area contributed by atoms with Crippen LogP contribution in [-0.4, -0.2) is 26.0 Å². The predicted octanol–water partition coefficient (Wildman–Crippen LogP) is -1.12. The Bertz CT molecular complexity index is 358. The van der Waals surface area contributed by atoms with Crippen molar-refractivity contribution in [2.75, 3.05) is 20.2 Å². The molecule has 0 amide bonds. The van der Waals surface area contributed by atoms with Gasteiger partial charge in [-0.3, -0.25) is 4.79 Å². The number of hydrogen-bond acceptors (Lipinski definition) is 3. The topological polar surface area (TPSA) is 38.3 Å². The zero-order valence-corrected chi connectivity index (χ0v) is 10.7. The molecular formula is C13H17ClNO2-. The summed E-state index contributed by atoms with van der Waals surface area (Å²) >= 11 is 0. The lowest BCUT2D eigenvalue weighted by atomic mass is 9.90. The smallest absolute Gasteiger partial charge is 0.166 e. The fraction of sp³-hybridized carbons (Fsp3) is 0.462. The van der Waals surface area contributed by atoms with E-state index in [1.165, 1.54) is 0 Å². The first-order chi connectivity index (χ1) is 7.81. The Morgan fingerprint density at radius 2 is 1.82 bits per heavy atom. The average Bonchev–Trinajstić information content (AvgIpc) is 2.39.